The summed E-state index contributed by atoms with van der Waals surface area (Å²) in [4.78, 5) is 2.40. The van der Waals surface area contributed by atoms with Crippen molar-refractivity contribution in [3.05, 3.63) is 12.7 Å². The van der Waals surface area contributed by atoms with Gasteiger partial charge in [0.25, 0.3) is 0 Å². The summed E-state index contributed by atoms with van der Waals surface area (Å²) in [5.41, 5.74) is 0.251. The average molecular weight is 212 g/mol. The molecule has 90 valence electrons. The molecule has 0 radical (unpaired) electrons. The first-order valence-corrected chi connectivity index (χ1v) is 6.00. The van der Waals surface area contributed by atoms with Gasteiger partial charge in [-0.05, 0) is 66.7 Å². The van der Waals surface area contributed by atoms with Crippen molar-refractivity contribution in [2.75, 3.05) is 26.7 Å². The number of nitrogens with one attached hydrogen (secondary N) is 1. The molecule has 15 heavy (non-hydrogen) atoms. The fourth-order valence-corrected chi connectivity index (χ4v) is 1.43. The lowest BCUT2D eigenvalue weighted by molar-refractivity contribution is 0.313. The molecule has 0 unspecified atom stereocenters. The van der Waals surface area contributed by atoms with Crippen LogP contribution in [0.5, 0.6) is 0 Å². The normalized spacial score (nSPS) is 12.1. The van der Waals surface area contributed by atoms with Crippen LogP contribution in [-0.2, 0) is 0 Å². The van der Waals surface area contributed by atoms with Crippen molar-refractivity contribution in [2.24, 2.45) is 0 Å². The van der Waals surface area contributed by atoms with Gasteiger partial charge in [0.05, 0.1) is 0 Å². The molecule has 0 saturated carbocycles. The number of hydrogen-bond acceptors (Lipinski definition) is 2. The highest BCUT2D eigenvalue weighted by Crippen LogP contribution is 1.99. The molecule has 0 rings (SSSR count). The lowest BCUT2D eigenvalue weighted by Crippen LogP contribution is -2.37. The van der Waals surface area contributed by atoms with E-state index in [1.807, 2.05) is 6.08 Å². The molecule has 0 saturated heterocycles. The number of unbranched alkanes of at least 4 members (excludes halogenated alkanes) is 1. The van der Waals surface area contributed by atoms with Crippen LogP contribution in [0.1, 0.15) is 40.0 Å². The summed E-state index contributed by atoms with van der Waals surface area (Å²) in [6.45, 7) is 13.8. The Kier molecular flexibility index (Phi) is 7.71. The molecule has 2 nitrogen and oxygen atoms in total. The van der Waals surface area contributed by atoms with Gasteiger partial charge in [-0.25, -0.2) is 0 Å². The molecule has 0 aromatic heterocycles. The van der Waals surface area contributed by atoms with E-state index in [1.54, 1.807) is 0 Å². The fourth-order valence-electron chi connectivity index (χ4n) is 1.43. The predicted molar refractivity (Wildman–Crippen MR) is 69.3 cm³/mol. The molecule has 0 amide bonds. The van der Waals surface area contributed by atoms with Gasteiger partial charge in [0, 0.05) is 5.54 Å². The van der Waals surface area contributed by atoms with Gasteiger partial charge in [0.2, 0.25) is 0 Å². The van der Waals surface area contributed by atoms with E-state index >= 15 is 0 Å². The molecular weight excluding hydrogens is 184 g/mol. The lowest BCUT2D eigenvalue weighted by Gasteiger charge is -2.22. The Morgan fingerprint density at radius 3 is 2.33 bits per heavy atom. The first-order chi connectivity index (χ1) is 6.95. The van der Waals surface area contributed by atoms with E-state index in [1.165, 1.54) is 25.9 Å². The molecule has 0 aliphatic heterocycles. The number of nitrogens with zero attached hydrogens (tertiary/aromatic N) is 1. The van der Waals surface area contributed by atoms with E-state index in [0.29, 0.717) is 0 Å². The van der Waals surface area contributed by atoms with Crippen molar-refractivity contribution < 1.29 is 0 Å². The summed E-state index contributed by atoms with van der Waals surface area (Å²) in [5, 5.41) is 3.50. The van der Waals surface area contributed by atoms with Crippen molar-refractivity contribution in [3.8, 4) is 0 Å². The Balaban J connectivity index is 3.31. The third-order valence-corrected chi connectivity index (χ3v) is 2.32. The van der Waals surface area contributed by atoms with Crippen LogP contribution in [0.15, 0.2) is 12.7 Å². The Morgan fingerprint density at radius 1 is 1.20 bits per heavy atom. The van der Waals surface area contributed by atoms with Crippen molar-refractivity contribution in [1.29, 1.82) is 0 Å². The molecule has 0 aliphatic carbocycles. The maximum absolute atomic E-state index is 3.73. The molecule has 0 aromatic rings. The first kappa shape index (κ1) is 14.7. The van der Waals surface area contributed by atoms with Gasteiger partial charge in [-0.2, -0.15) is 0 Å². The van der Waals surface area contributed by atoms with Crippen LogP contribution in [0.2, 0.25) is 0 Å². The maximum atomic E-state index is 3.73. The topological polar surface area (TPSA) is 15.3 Å². The van der Waals surface area contributed by atoms with Crippen LogP contribution in [0, 0.1) is 0 Å². The fraction of sp³-hybridized carbons (Fsp3) is 0.846. The SMILES string of the molecule is C=CCCCN(C)CCCNC(C)(C)C. The van der Waals surface area contributed by atoms with Gasteiger partial charge >= 0.3 is 0 Å². The zero-order valence-corrected chi connectivity index (χ0v) is 11.0. The molecule has 0 heterocycles. The van der Waals surface area contributed by atoms with Gasteiger partial charge in [-0.1, -0.05) is 6.08 Å². The standard InChI is InChI=1S/C13H28N2/c1-6-7-8-11-15(5)12-9-10-14-13(2,3)4/h6,14H,1,7-12H2,2-5H3. The molecule has 2 heteroatoms. The van der Waals surface area contributed by atoms with E-state index in [9.17, 15) is 0 Å². The van der Waals surface area contributed by atoms with E-state index in [4.69, 9.17) is 0 Å². The molecule has 0 spiro atoms. The average Bonchev–Trinajstić information content (AvgIpc) is 2.11. The number of allylic oxidation sites excluding steroid dienone is 1. The number of hydrogen-bond donors (Lipinski definition) is 1. The summed E-state index contributed by atoms with van der Waals surface area (Å²) >= 11 is 0. The predicted octanol–water partition coefficient (Wildman–Crippen LogP) is 2.66. The minimum atomic E-state index is 0.251. The molecule has 0 aromatic carbocycles. The third-order valence-electron chi connectivity index (χ3n) is 2.32. The van der Waals surface area contributed by atoms with Gasteiger partial charge in [-0.3, -0.25) is 0 Å². The zero-order valence-electron chi connectivity index (χ0n) is 11.0. The highest BCUT2D eigenvalue weighted by molar-refractivity contribution is 4.70. The Hall–Kier alpha value is -0.340. The minimum Gasteiger partial charge on any atom is -0.312 e. The van der Waals surface area contributed by atoms with Gasteiger partial charge < -0.3 is 10.2 Å². The number of rotatable bonds is 8. The molecule has 0 aliphatic rings. The molecule has 0 fully saturated rings. The van der Waals surface area contributed by atoms with Crippen LogP contribution in [0.25, 0.3) is 0 Å². The maximum Gasteiger partial charge on any atom is 0.00965 e. The molecule has 1 N–H and O–H groups in total. The second-order valence-corrected chi connectivity index (χ2v) is 5.26. The molecular formula is C13H28N2. The summed E-state index contributed by atoms with van der Waals surface area (Å²) in [6, 6.07) is 0. The van der Waals surface area contributed by atoms with E-state index < -0.39 is 0 Å². The second-order valence-electron chi connectivity index (χ2n) is 5.26. The second kappa shape index (κ2) is 7.89. The minimum absolute atomic E-state index is 0.251. The van der Waals surface area contributed by atoms with E-state index in [0.717, 1.165) is 13.0 Å². The first-order valence-electron chi connectivity index (χ1n) is 6.00. The van der Waals surface area contributed by atoms with Crippen LogP contribution in [0.4, 0.5) is 0 Å². The lowest BCUT2D eigenvalue weighted by atomic mass is 10.1. The summed E-state index contributed by atoms with van der Waals surface area (Å²) in [6.07, 6.45) is 5.58. The van der Waals surface area contributed by atoms with Crippen molar-refractivity contribution >= 4 is 0 Å². The molecule has 0 bridgehead atoms. The van der Waals surface area contributed by atoms with Crippen LogP contribution in [0.3, 0.4) is 0 Å². The molecule has 0 atom stereocenters. The van der Waals surface area contributed by atoms with Gasteiger partial charge in [-0.15, -0.1) is 6.58 Å². The monoisotopic (exact) mass is 212 g/mol. The van der Waals surface area contributed by atoms with Gasteiger partial charge in [0.1, 0.15) is 0 Å². The van der Waals surface area contributed by atoms with Crippen molar-refractivity contribution in [1.82, 2.24) is 10.2 Å². The van der Waals surface area contributed by atoms with Crippen LogP contribution < -0.4 is 5.32 Å². The quantitative estimate of drug-likeness (QED) is 0.491. The van der Waals surface area contributed by atoms with E-state index in [-0.39, 0.29) is 5.54 Å². The summed E-state index contributed by atoms with van der Waals surface area (Å²) < 4.78 is 0. The van der Waals surface area contributed by atoms with Gasteiger partial charge in [0.15, 0.2) is 0 Å². The zero-order chi connectivity index (χ0) is 11.7. The highest BCUT2D eigenvalue weighted by atomic mass is 15.1. The summed E-state index contributed by atoms with van der Waals surface area (Å²) in [5.74, 6) is 0. The van der Waals surface area contributed by atoms with Crippen molar-refractivity contribution in [2.45, 2.75) is 45.6 Å². The highest BCUT2D eigenvalue weighted by Gasteiger charge is 2.07. The van der Waals surface area contributed by atoms with Crippen molar-refractivity contribution in [3.63, 3.8) is 0 Å². The Morgan fingerprint density at radius 2 is 1.80 bits per heavy atom. The smallest absolute Gasteiger partial charge is 0.00965 e. The van der Waals surface area contributed by atoms with E-state index in [2.05, 4.69) is 44.6 Å². The third kappa shape index (κ3) is 11.6. The summed E-state index contributed by atoms with van der Waals surface area (Å²) in [7, 11) is 2.19. The Bertz CT molecular complexity index is 158. The largest absolute Gasteiger partial charge is 0.312 e. The Labute approximate surface area is 95.7 Å². The van der Waals surface area contributed by atoms with Crippen LogP contribution >= 0.6 is 0 Å². The van der Waals surface area contributed by atoms with Crippen LogP contribution in [-0.4, -0.2) is 37.1 Å².